The van der Waals surface area contributed by atoms with Crippen molar-refractivity contribution in [3.63, 3.8) is 0 Å². The first-order valence-electron chi connectivity index (χ1n) is 3.77. The first-order valence-corrected chi connectivity index (χ1v) is 3.77. The van der Waals surface area contributed by atoms with E-state index in [0.29, 0.717) is 5.88 Å². The molecule has 2 rings (SSSR count). The molecule has 0 bridgehead atoms. The Kier molecular flexibility index (Phi) is 1.45. The van der Waals surface area contributed by atoms with Crippen molar-refractivity contribution < 1.29 is 4.74 Å². The van der Waals surface area contributed by atoms with Gasteiger partial charge in [-0.3, -0.25) is 5.10 Å². The summed E-state index contributed by atoms with van der Waals surface area (Å²) >= 11 is 0. The number of hydrogen-bond donors (Lipinski definition) is 2. The Balaban J connectivity index is 2.38. The molecule has 2 heterocycles. The van der Waals surface area contributed by atoms with Crippen molar-refractivity contribution in [3.8, 4) is 5.88 Å². The largest absolute Gasteiger partial charge is 0.478 e. The van der Waals surface area contributed by atoms with Crippen LogP contribution in [0.5, 0.6) is 5.88 Å². The van der Waals surface area contributed by atoms with Crippen LogP contribution in [0.4, 0.5) is 5.69 Å². The summed E-state index contributed by atoms with van der Waals surface area (Å²) in [7, 11) is 1.63. The van der Waals surface area contributed by atoms with E-state index in [1.807, 2.05) is 0 Å². The quantitative estimate of drug-likeness (QED) is 0.626. The maximum Gasteiger partial charge on any atom is 0.256 e. The first kappa shape index (κ1) is 6.52. The summed E-state index contributed by atoms with van der Waals surface area (Å²) < 4.78 is 5.05. The van der Waals surface area contributed by atoms with Crippen LogP contribution >= 0.6 is 0 Å². The standard InChI is InChI=1S/C7H11N3O/c1-11-7-6-5(9-10-7)3-2-4-8-6/h8H,2-4H2,1H3,(H,9,10). The Morgan fingerprint density at radius 2 is 2.45 bits per heavy atom. The molecule has 11 heavy (non-hydrogen) atoms. The van der Waals surface area contributed by atoms with E-state index in [-0.39, 0.29) is 0 Å². The molecule has 0 amide bonds. The third kappa shape index (κ3) is 0.943. The molecule has 0 radical (unpaired) electrons. The molecule has 0 atom stereocenters. The molecule has 60 valence electrons. The molecule has 0 aliphatic carbocycles. The van der Waals surface area contributed by atoms with Crippen LogP contribution in [-0.4, -0.2) is 23.9 Å². The second kappa shape index (κ2) is 2.45. The van der Waals surface area contributed by atoms with Gasteiger partial charge in [-0.2, -0.15) is 0 Å². The van der Waals surface area contributed by atoms with Gasteiger partial charge in [0.15, 0.2) is 0 Å². The summed E-state index contributed by atoms with van der Waals surface area (Å²) in [5.41, 5.74) is 2.20. The molecular weight excluding hydrogens is 142 g/mol. The minimum absolute atomic E-state index is 0.680. The maximum absolute atomic E-state index is 5.05. The van der Waals surface area contributed by atoms with Crippen molar-refractivity contribution in [1.82, 2.24) is 10.2 Å². The van der Waals surface area contributed by atoms with E-state index in [4.69, 9.17) is 4.74 Å². The molecule has 1 aromatic rings. The van der Waals surface area contributed by atoms with Crippen LogP contribution in [0.2, 0.25) is 0 Å². The number of nitrogens with one attached hydrogen (secondary N) is 2. The minimum Gasteiger partial charge on any atom is -0.478 e. The summed E-state index contributed by atoms with van der Waals surface area (Å²) in [4.78, 5) is 0. The number of ether oxygens (including phenoxy) is 1. The van der Waals surface area contributed by atoms with Gasteiger partial charge in [0, 0.05) is 6.54 Å². The average molecular weight is 153 g/mol. The fraction of sp³-hybridized carbons (Fsp3) is 0.571. The van der Waals surface area contributed by atoms with Gasteiger partial charge in [-0.1, -0.05) is 0 Å². The van der Waals surface area contributed by atoms with E-state index in [2.05, 4.69) is 15.5 Å². The monoisotopic (exact) mass is 153 g/mol. The van der Waals surface area contributed by atoms with E-state index in [1.54, 1.807) is 7.11 Å². The highest BCUT2D eigenvalue weighted by Gasteiger charge is 2.15. The number of rotatable bonds is 1. The number of fused-ring (bicyclic) bond motifs is 1. The van der Waals surface area contributed by atoms with Crippen LogP contribution < -0.4 is 10.1 Å². The zero-order valence-corrected chi connectivity index (χ0v) is 6.48. The van der Waals surface area contributed by atoms with E-state index in [9.17, 15) is 0 Å². The Bertz CT molecular complexity index is 243. The summed E-state index contributed by atoms with van der Waals surface area (Å²) in [6, 6.07) is 0. The van der Waals surface area contributed by atoms with Gasteiger partial charge in [-0.15, -0.1) is 5.10 Å². The van der Waals surface area contributed by atoms with Crippen molar-refractivity contribution in [2.75, 3.05) is 19.0 Å². The molecule has 2 N–H and O–H groups in total. The first-order chi connectivity index (χ1) is 5.42. The van der Waals surface area contributed by atoms with Gasteiger partial charge < -0.3 is 10.1 Å². The van der Waals surface area contributed by atoms with Crippen molar-refractivity contribution >= 4 is 5.69 Å². The zero-order valence-electron chi connectivity index (χ0n) is 6.48. The van der Waals surface area contributed by atoms with Crippen LogP contribution in [-0.2, 0) is 6.42 Å². The van der Waals surface area contributed by atoms with Gasteiger partial charge in [0.25, 0.3) is 5.88 Å². The number of H-pyrrole nitrogens is 1. The molecule has 4 heteroatoms. The molecule has 0 fully saturated rings. The molecular formula is C7H11N3O. The van der Waals surface area contributed by atoms with Gasteiger partial charge in [0.05, 0.1) is 12.8 Å². The summed E-state index contributed by atoms with van der Waals surface area (Å²) in [6.07, 6.45) is 2.23. The number of aromatic nitrogens is 2. The van der Waals surface area contributed by atoms with E-state index < -0.39 is 0 Å². The lowest BCUT2D eigenvalue weighted by atomic mass is 10.1. The smallest absolute Gasteiger partial charge is 0.256 e. The third-order valence-corrected chi connectivity index (χ3v) is 1.91. The van der Waals surface area contributed by atoms with Crippen LogP contribution in [0, 0.1) is 0 Å². The molecule has 4 nitrogen and oxygen atoms in total. The molecule has 1 aliphatic rings. The van der Waals surface area contributed by atoms with Crippen LogP contribution in [0.3, 0.4) is 0 Å². The second-order valence-electron chi connectivity index (χ2n) is 2.62. The molecule has 0 saturated carbocycles. The molecule has 1 aromatic heterocycles. The lowest BCUT2D eigenvalue weighted by Gasteiger charge is -2.12. The fourth-order valence-electron chi connectivity index (χ4n) is 1.35. The topological polar surface area (TPSA) is 49.9 Å². The van der Waals surface area contributed by atoms with Gasteiger partial charge >= 0.3 is 0 Å². The molecule has 0 saturated heterocycles. The lowest BCUT2D eigenvalue weighted by molar-refractivity contribution is 0.398. The number of aryl methyl sites for hydroxylation is 1. The SMILES string of the molecule is COc1n[nH]c2c1NCCC2. The Morgan fingerprint density at radius 3 is 3.27 bits per heavy atom. The van der Waals surface area contributed by atoms with Crippen LogP contribution in [0.15, 0.2) is 0 Å². The van der Waals surface area contributed by atoms with Crippen molar-refractivity contribution in [2.24, 2.45) is 0 Å². The van der Waals surface area contributed by atoms with Gasteiger partial charge in [-0.05, 0) is 12.8 Å². The van der Waals surface area contributed by atoms with Crippen molar-refractivity contribution in [1.29, 1.82) is 0 Å². The summed E-state index contributed by atoms with van der Waals surface area (Å²) in [5.74, 6) is 0.680. The number of hydrogen-bond acceptors (Lipinski definition) is 3. The number of aromatic amines is 1. The highest BCUT2D eigenvalue weighted by molar-refractivity contribution is 5.58. The van der Waals surface area contributed by atoms with Gasteiger partial charge in [-0.25, -0.2) is 0 Å². The van der Waals surface area contributed by atoms with Gasteiger partial charge in [0.2, 0.25) is 0 Å². The highest BCUT2D eigenvalue weighted by Crippen LogP contribution is 2.28. The number of nitrogens with zero attached hydrogens (tertiary/aromatic N) is 1. The Hall–Kier alpha value is -1.19. The van der Waals surface area contributed by atoms with E-state index in [0.717, 1.165) is 24.3 Å². The normalized spacial score (nSPS) is 15.4. The lowest BCUT2D eigenvalue weighted by Crippen LogP contribution is -2.10. The van der Waals surface area contributed by atoms with E-state index >= 15 is 0 Å². The van der Waals surface area contributed by atoms with Crippen LogP contribution in [0.25, 0.3) is 0 Å². The highest BCUT2D eigenvalue weighted by atomic mass is 16.5. The minimum atomic E-state index is 0.680. The fourth-order valence-corrected chi connectivity index (χ4v) is 1.35. The number of anilines is 1. The molecule has 1 aliphatic heterocycles. The predicted molar refractivity (Wildman–Crippen MR) is 42.0 cm³/mol. The van der Waals surface area contributed by atoms with Crippen LogP contribution in [0.1, 0.15) is 12.1 Å². The van der Waals surface area contributed by atoms with Crippen molar-refractivity contribution in [2.45, 2.75) is 12.8 Å². The number of methoxy groups -OCH3 is 1. The zero-order chi connectivity index (χ0) is 7.68. The average Bonchev–Trinajstić information content (AvgIpc) is 2.47. The van der Waals surface area contributed by atoms with E-state index in [1.165, 1.54) is 6.42 Å². The summed E-state index contributed by atoms with van der Waals surface area (Å²) in [5, 5.41) is 10.2. The Morgan fingerprint density at radius 1 is 1.55 bits per heavy atom. The molecule has 0 spiro atoms. The molecule has 0 unspecified atom stereocenters. The van der Waals surface area contributed by atoms with Gasteiger partial charge in [0.1, 0.15) is 5.69 Å². The van der Waals surface area contributed by atoms with Crippen molar-refractivity contribution in [3.05, 3.63) is 5.69 Å². The molecule has 0 aromatic carbocycles. The maximum atomic E-state index is 5.05. The third-order valence-electron chi connectivity index (χ3n) is 1.91. The predicted octanol–water partition coefficient (Wildman–Crippen LogP) is 0.776. The second-order valence-corrected chi connectivity index (χ2v) is 2.62. The summed E-state index contributed by atoms with van der Waals surface area (Å²) in [6.45, 7) is 1.02. The Labute approximate surface area is 64.9 Å².